The number of likely N-dealkylation sites (tertiary alicyclic amines) is 1. The number of benzene rings is 1. The maximum Gasteiger partial charge on any atom is 0.410 e. The van der Waals surface area contributed by atoms with Crippen LogP contribution in [0.25, 0.3) is 0 Å². The van der Waals surface area contributed by atoms with Gasteiger partial charge in [-0.2, -0.15) is 0 Å². The van der Waals surface area contributed by atoms with Crippen LogP contribution >= 0.6 is 0 Å². The summed E-state index contributed by atoms with van der Waals surface area (Å²) in [6, 6.07) is 9.64. The molecule has 4 nitrogen and oxygen atoms in total. The van der Waals surface area contributed by atoms with Crippen molar-refractivity contribution in [3.63, 3.8) is 0 Å². The number of ether oxygens (including phenoxy) is 1. The molecule has 0 unspecified atom stereocenters. The number of aliphatic hydroxyl groups is 1. The van der Waals surface area contributed by atoms with E-state index in [0.29, 0.717) is 26.1 Å². The second-order valence-corrected chi connectivity index (χ2v) is 4.61. The molecular formula is C14H19NO3. The van der Waals surface area contributed by atoms with E-state index in [2.05, 4.69) is 0 Å². The Morgan fingerprint density at radius 2 is 2.06 bits per heavy atom. The van der Waals surface area contributed by atoms with Crippen LogP contribution in [-0.4, -0.2) is 35.3 Å². The van der Waals surface area contributed by atoms with Crippen molar-refractivity contribution in [1.82, 2.24) is 4.90 Å². The Morgan fingerprint density at radius 1 is 1.28 bits per heavy atom. The maximum atomic E-state index is 11.9. The molecule has 0 aromatic heterocycles. The van der Waals surface area contributed by atoms with E-state index in [4.69, 9.17) is 4.74 Å². The van der Waals surface area contributed by atoms with Gasteiger partial charge in [0.1, 0.15) is 6.61 Å². The highest BCUT2D eigenvalue weighted by atomic mass is 16.6. The Labute approximate surface area is 107 Å². The number of amides is 1. The van der Waals surface area contributed by atoms with Crippen LogP contribution < -0.4 is 0 Å². The van der Waals surface area contributed by atoms with Gasteiger partial charge < -0.3 is 14.7 Å². The maximum absolute atomic E-state index is 11.9. The lowest BCUT2D eigenvalue weighted by molar-refractivity contribution is 0.0949. The fourth-order valence-electron chi connectivity index (χ4n) is 2.07. The Kier molecular flexibility index (Phi) is 4.59. The summed E-state index contributed by atoms with van der Waals surface area (Å²) in [5.74, 6) is 0. The lowest BCUT2D eigenvalue weighted by atomic mass is 10.2. The molecule has 1 fully saturated rings. The molecule has 0 radical (unpaired) electrons. The highest BCUT2D eigenvalue weighted by Crippen LogP contribution is 2.12. The van der Waals surface area contributed by atoms with Gasteiger partial charge in [-0.3, -0.25) is 0 Å². The van der Waals surface area contributed by atoms with Crippen LogP contribution in [0.15, 0.2) is 30.3 Å². The average Bonchev–Trinajstić information content (AvgIpc) is 2.62. The lowest BCUT2D eigenvalue weighted by Gasteiger charge is -2.19. The summed E-state index contributed by atoms with van der Waals surface area (Å²) in [6.45, 7) is 1.55. The lowest BCUT2D eigenvalue weighted by Crippen LogP contribution is -2.32. The van der Waals surface area contributed by atoms with Gasteiger partial charge in [-0.1, -0.05) is 30.3 Å². The van der Waals surface area contributed by atoms with E-state index in [1.807, 2.05) is 30.3 Å². The third kappa shape index (κ3) is 3.74. The zero-order chi connectivity index (χ0) is 12.8. The van der Waals surface area contributed by atoms with E-state index < -0.39 is 0 Å². The molecule has 1 aromatic carbocycles. The van der Waals surface area contributed by atoms with Crippen molar-refractivity contribution in [1.29, 1.82) is 0 Å². The first kappa shape index (κ1) is 12.9. The molecule has 1 amide bonds. The molecule has 0 aliphatic carbocycles. The van der Waals surface area contributed by atoms with Crippen LogP contribution in [0.4, 0.5) is 4.79 Å². The number of carbonyl (C=O) groups is 1. The van der Waals surface area contributed by atoms with Gasteiger partial charge in [-0.15, -0.1) is 0 Å². The van der Waals surface area contributed by atoms with E-state index in [-0.39, 0.29) is 12.2 Å². The molecular weight excluding hydrogens is 230 g/mol. The van der Waals surface area contributed by atoms with E-state index in [9.17, 15) is 9.90 Å². The third-order valence-electron chi connectivity index (χ3n) is 3.16. The van der Waals surface area contributed by atoms with Crippen LogP contribution in [0, 0.1) is 0 Å². The van der Waals surface area contributed by atoms with Crippen molar-refractivity contribution in [2.75, 3.05) is 13.1 Å². The molecule has 1 aliphatic heterocycles. The van der Waals surface area contributed by atoms with Crippen LogP contribution in [0.1, 0.15) is 24.8 Å². The van der Waals surface area contributed by atoms with Gasteiger partial charge >= 0.3 is 6.09 Å². The Morgan fingerprint density at radius 3 is 2.83 bits per heavy atom. The van der Waals surface area contributed by atoms with Crippen molar-refractivity contribution in [3.05, 3.63) is 35.9 Å². The van der Waals surface area contributed by atoms with Crippen LogP contribution in [-0.2, 0) is 11.3 Å². The summed E-state index contributed by atoms with van der Waals surface area (Å²) in [5, 5.41) is 9.52. The summed E-state index contributed by atoms with van der Waals surface area (Å²) in [5.41, 5.74) is 0.987. The summed E-state index contributed by atoms with van der Waals surface area (Å²) in [6.07, 6.45) is 1.68. The van der Waals surface area contributed by atoms with Gasteiger partial charge in [0, 0.05) is 13.1 Å². The van der Waals surface area contributed by atoms with Crippen LogP contribution in [0.5, 0.6) is 0 Å². The normalized spacial score (nSPS) is 20.3. The second kappa shape index (κ2) is 6.40. The number of rotatable bonds is 2. The molecule has 1 heterocycles. The molecule has 0 bridgehead atoms. The first-order chi connectivity index (χ1) is 8.75. The molecule has 98 valence electrons. The summed E-state index contributed by atoms with van der Waals surface area (Å²) < 4.78 is 5.26. The van der Waals surface area contributed by atoms with Gasteiger partial charge in [0.15, 0.2) is 0 Å². The Bertz CT molecular complexity index is 380. The minimum absolute atomic E-state index is 0.281. The van der Waals surface area contributed by atoms with Crippen LogP contribution in [0.2, 0.25) is 0 Å². The van der Waals surface area contributed by atoms with Gasteiger partial charge in [0.05, 0.1) is 6.10 Å². The quantitative estimate of drug-likeness (QED) is 0.874. The largest absolute Gasteiger partial charge is 0.445 e. The SMILES string of the molecule is O=C(OCc1ccccc1)N1CCC[C@@H](O)CC1. The predicted molar refractivity (Wildman–Crippen MR) is 68.1 cm³/mol. The molecule has 0 spiro atoms. The second-order valence-electron chi connectivity index (χ2n) is 4.61. The zero-order valence-electron chi connectivity index (χ0n) is 10.4. The third-order valence-corrected chi connectivity index (χ3v) is 3.16. The minimum Gasteiger partial charge on any atom is -0.445 e. The van der Waals surface area contributed by atoms with E-state index in [0.717, 1.165) is 18.4 Å². The van der Waals surface area contributed by atoms with Gasteiger partial charge in [-0.05, 0) is 24.8 Å². The highest BCUT2D eigenvalue weighted by Gasteiger charge is 2.20. The fraction of sp³-hybridized carbons (Fsp3) is 0.500. The molecule has 2 rings (SSSR count). The molecule has 1 aromatic rings. The average molecular weight is 249 g/mol. The smallest absolute Gasteiger partial charge is 0.410 e. The van der Waals surface area contributed by atoms with Gasteiger partial charge in [0.2, 0.25) is 0 Å². The minimum atomic E-state index is -0.284. The van der Waals surface area contributed by atoms with E-state index >= 15 is 0 Å². The Balaban J connectivity index is 1.80. The Hall–Kier alpha value is -1.55. The van der Waals surface area contributed by atoms with Gasteiger partial charge in [-0.25, -0.2) is 4.79 Å². The van der Waals surface area contributed by atoms with Crippen molar-refractivity contribution >= 4 is 6.09 Å². The van der Waals surface area contributed by atoms with E-state index in [1.165, 1.54) is 0 Å². The summed E-state index contributed by atoms with van der Waals surface area (Å²) in [4.78, 5) is 13.5. The van der Waals surface area contributed by atoms with Gasteiger partial charge in [0.25, 0.3) is 0 Å². The molecule has 0 saturated carbocycles. The standard InChI is InChI=1S/C14H19NO3/c16-13-7-4-9-15(10-8-13)14(17)18-11-12-5-2-1-3-6-12/h1-3,5-6,13,16H,4,7-11H2/t13-/m1/s1. The van der Waals surface area contributed by atoms with Crippen molar-refractivity contribution in [3.8, 4) is 0 Å². The topological polar surface area (TPSA) is 49.8 Å². The zero-order valence-corrected chi connectivity index (χ0v) is 10.4. The number of nitrogens with zero attached hydrogens (tertiary/aromatic N) is 1. The molecule has 18 heavy (non-hydrogen) atoms. The monoisotopic (exact) mass is 249 g/mol. The molecule has 1 atom stereocenters. The predicted octanol–water partition coefficient (Wildman–Crippen LogP) is 2.17. The number of aliphatic hydroxyl groups excluding tert-OH is 1. The first-order valence-electron chi connectivity index (χ1n) is 6.39. The van der Waals surface area contributed by atoms with Crippen molar-refractivity contribution in [2.45, 2.75) is 32.0 Å². The van der Waals surface area contributed by atoms with Crippen molar-refractivity contribution < 1.29 is 14.6 Å². The summed E-state index contributed by atoms with van der Waals surface area (Å²) >= 11 is 0. The molecule has 4 heteroatoms. The first-order valence-corrected chi connectivity index (χ1v) is 6.39. The molecule has 1 saturated heterocycles. The molecule has 1 aliphatic rings. The highest BCUT2D eigenvalue weighted by molar-refractivity contribution is 5.67. The number of hydrogen-bond donors (Lipinski definition) is 1. The number of carbonyl (C=O) groups excluding carboxylic acids is 1. The summed E-state index contributed by atoms with van der Waals surface area (Å²) in [7, 11) is 0. The number of hydrogen-bond acceptors (Lipinski definition) is 3. The molecule has 1 N–H and O–H groups in total. The van der Waals surface area contributed by atoms with E-state index in [1.54, 1.807) is 4.90 Å². The van der Waals surface area contributed by atoms with Crippen LogP contribution in [0.3, 0.4) is 0 Å². The van der Waals surface area contributed by atoms with Crippen molar-refractivity contribution in [2.24, 2.45) is 0 Å². The fourth-order valence-corrected chi connectivity index (χ4v) is 2.07.